The van der Waals surface area contributed by atoms with Gasteiger partial charge in [-0.05, 0) is 12.3 Å². The fourth-order valence-electron chi connectivity index (χ4n) is 2.71. The van der Waals surface area contributed by atoms with Gasteiger partial charge in [-0.3, -0.25) is 4.68 Å². The van der Waals surface area contributed by atoms with Crippen LogP contribution < -0.4 is 4.74 Å². The van der Waals surface area contributed by atoms with Gasteiger partial charge in [0, 0.05) is 26.3 Å². The van der Waals surface area contributed by atoms with E-state index >= 15 is 0 Å². The molecule has 0 saturated heterocycles. The van der Waals surface area contributed by atoms with Crippen molar-refractivity contribution >= 4 is 5.97 Å². The molecule has 1 aromatic rings. The van der Waals surface area contributed by atoms with Gasteiger partial charge in [0.2, 0.25) is 5.92 Å². The summed E-state index contributed by atoms with van der Waals surface area (Å²) >= 11 is 0. The van der Waals surface area contributed by atoms with Gasteiger partial charge in [0.15, 0.2) is 17.1 Å². The lowest BCUT2D eigenvalue weighted by Gasteiger charge is -2.12. The van der Waals surface area contributed by atoms with E-state index in [1.165, 1.54) is 0 Å². The Morgan fingerprint density at radius 3 is 2.59 bits per heavy atom. The molecule has 1 atom stereocenters. The van der Waals surface area contributed by atoms with Crippen LogP contribution in [0, 0.1) is 5.92 Å². The second-order valence-electron chi connectivity index (χ2n) is 5.57. The average molecular weight is 324 g/mol. The van der Waals surface area contributed by atoms with Crippen LogP contribution in [0.25, 0.3) is 0 Å². The molecule has 0 aromatic carbocycles. The lowest BCUT2D eigenvalue weighted by atomic mass is 10.1. The SMILES string of the molecule is COc1c(C(C)(F)F)nn(CC2CCC(F)(F)C2)c1C(=O)O. The summed E-state index contributed by atoms with van der Waals surface area (Å²) < 4.78 is 59.1. The maximum Gasteiger partial charge on any atom is 0.358 e. The Kier molecular flexibility index (Phi) is 4.09. The van der Waals surface area contributed by atoms with Gasteiger partial charge in [-0.25, -0.2) is 13.6 Å². The molecule has 0 aliphatic heterocycles. The monoisotopic (exact) mass is 324 g/mol. The number of hydrogen-bond donors (Lipinski definition) is 1. The van der Waals surface area contributed by atoms with Crippen molar-refractivity contribution in [2.75, 3.05) is 7.11 Å². The molecular weight excluding hydrogens is 308 g/mol. The molecule has 1 N–H and O–H groups in total. The van der Waals surface area contributed by atoms with Gasteiger partial charge in [-0.2, -0.15) is 13.9 Å². The van der Waals surface area contributed by atoms with Crippen LogP contribution in [0.1, 0.15) is 42.4 Å². The molecular formula is C13H16F4N2O3. The molecule has 9 heteroatoms. The van der Waals surface area contributed by atoms with Crippen molar-refractivity contribution in [3.63, 3.8) is 0 Å². The molecule has 1 unspecified atom stereocenters. The van der Waals surface area contributed by atoms with E-state index in [1.54, 1.807) is 0 Å². The van der Waals surface area contributed by atoms with Crippen LogP contribution in [0.4, 0.5) is 17.6 Å². The first kappa shape index (κ1) is 16.6. The second-order valence-corrected chi connectivity index (χ2v) is 5.57. The van der Waals surface area contributed by atoms with E-state index in [4.69, 9.17) is 4.74 Å². The Balaban J connectivity index is 2.38. The highest BCUT2D eigenvalue weighted by Crippen LogP contribution is 2.41. The van der Waals surface area contributed by atoms with Crippen molar-refractivity contribution in [2.45, 2.75) is 44.6 Å². The summed E-state index contributed by atoms with van der Waals surface area (Å²) in [4.78, 5) is 11.3. The zero-order valence-corrected chi connectivity index (χ0v) is 12.1. The predicted molar refractivity (Wildman–Crippen MR) is 67.6 cm³/mol. The van der Waals surface area contributed by atoms with Gasteiger partial charge in [-0.15, -0.1) is 0 Å². The zero-order valence-electron chi connectivity index (χ0n) is 12.1. The summed E-state index contributed by atoms with van der Waals surface area (Å²) in [6.45, 7) is 0.404. The van der Waals surface area contributed by atoms with Gasteiger partial charge < -0.3 is 9.84 Å². The predicted octanol–water partition coefficient (Wildman–Crippen LogP) is 3.14. The van der Waals surface area contributed by atoms with Gasteiger partial charge in [0.1, 0.15) is 0 Å². The Bertz CT molecular complexity index is 581. The third kappa shape index (κ3) is 3.17. The lowest BCUT2D eigenvalue weighted by Crippen LogP contribution is -2.18. The van der Waals surface area contributed by atoms with E-state index in [0.29, 0.717) is 6.92 Å². The summed E-state index contributed by atoms with van der Waals surface area (Å²) in [5, 5.41) is 12.8. The van der Waals surface area contributed by atoms with Crippen LogP contribution >= 0.6 is 0 Å². The number of hydrogen-bond acceptors (Lipinski definition) is 3. The second kappa shape index (κ2) is 5.44. The average Bonchev–Trinajstić information content (AvgIpc) is 2.89. The summed E-state index contributed by atoms with van der Waals surface area (Å²) in [5.41, 5.74) is -1.36. The molecule has 2 rings (SSSR count). The lowest BCUT2D eigenvalue weighted by molar-refractivity contribution is 0.00330. The minimum atomic E-state index is -3.40. The first-order valence-corrected chi connectivity index (χ1v) is 6.69. The van der Waals surface area contributed by atoms with Gasteiger partial charge in [0.05, 0.1) is 7.11 Å². The number of halogens is 4. The van der Waals surface area contributed by atoms with Crippen LogP contribution in [0.5, 0.6) is 5.75 Å². The van der Waals surface area contributed by atoms with Crippen LogP contribution in [-0.2, 0) is 12.5 Å². The molecule has 1 aliphatic rings. The number of carboxylic acid groups (broad SMARTS) is 1. The summed E-state index contributed by atoms with van der Waals surface area (Å²) in [6, 6.07) is 0. The molecule has 0 bridgehead atoms. The van der Waals surface area contributed by atoms with E-state index in [0.717, 1.165) is 11.8 Å². The maximum atomic E-state index is 13.5. The molecule has 22 heavy (non-hydrogen) atoms. The number of aromatic carboxylic acids is 1. The van der Waals surface area contributed by atoms with Crippen molar-refractivity contribution in [3.8, 4) is 5.75 Å². The highest BCUT2D eigenvalue weighted by molar-refractivity contribution is 5.89. The fourth-order valence-corrected chi connectivity index (χ4v) is 2.71. The number of aromatic nitrogens is 2. The Hall–Kier alpha value is -1.80. The van der Waals surface area contributed by atoms with Crippen molar-refractivity contribution in [2.24, 2.45) is 5.92 Å². The first-order valence-electron chi connectivity index (χ1n) is 6.69. The van der Waals surface area contributed by atoms with Gasteiger partial charge in [-0.1, -0.05) is 0 Å². The molecule has 1 aliphatic carbocycles. The number of methoxy groups -OCH3 is 1. The highest BCUT2D eigenvalue weighted by atomic mass is 19.3. The van der Waals surface area contributed by atoms with Crippen molar-refractivity contribution in [3.05, 3.63) is 11.4 Å². The molecule has 1 heterocycles. The molecule has 124 valence electrons. The normalized spacial score (nSPS) is 21.1. The van der Waals surface area contributed by atoms with E-state index in [1.807, 2.05) is 0 Å². The fraction of sp³-hybridized carbons (Fsp3) is 0.692. The molecule has 1 aromatic heterocycles. The quantitative estimate of drug-likeness (QED) is 0.845. The molecule has 1 fully saturated rings. The number of carbonyl (C=O) groups is 1. The number of carboxylic acids is 1. The highest BCUT2D eigenvalue weighted by Gasteiger charge is 2.42. The largest absolute Gasteiger partial charge is 0.492 e. The van der Waals surface area contributed by atoms with Crippen LogP contribution in [0.2, 0.25) is 0 Å². The smallest absolute Gasteiger partial charge is 0.358 e. The number of rotatable bonds is 5. The number of ether oxygens (including phenoxy) is 1. The third-order valence-electron chi connectivity index (χ3n) is 3.67. The minimum absolute atomic E-state index is 0.163. The molecule has 0 radical (unpaired) electrons. The Morgan fingerprint density at radius 1 is 1.55 bits per heavy atom. The minimum Gasteiger partial charge on any atom is -0.492 e. The first-order chi connectivity index (χ1) is 10.0. The van der Waals surface area contributed by atoms with Crippen LogP contribution in [-0.4, -0.2) is 33.9 Å². The topological polar surface area (TPSA) is 64.4 Å². The van der Waals surface area contributed by atoms with E-state index in [2.05, 4.69) is 5.10 Å². The molecule has 5 nitrogen and oxygen atoms in total. The van der Waals surface area contributed by atoms with Crippen molar-refractivity contribution in [1.29, 1.82) is 0 Å². The van der Waals surface area contributed by atoms with Gasteiger partial charge >= 0.3 is 5.97 Å². The van der Waals surface area contributed by atoms with Crippen LogP contribution in [0.15, 0.2) is 0 Å². The van der Waals surface area contributed by atoms with Crippen molar-refractivity contribution < 1.29 is 32.2 Å². The van der Waals surface area contributed by atoms with E-state index in [-0.39, 0.29) is 19.4 Å². The standard InChI is InChI=1S/C13H16F4N2O3/c1-12(14,15)10-9(22-2)8(11(20)21)19(18-10)6-7-3-4-13(16,17)5-7/h7H,3-6H2,1-2H3,(H,20,21). The van der Waals surface area contributed by atoms with Gasteiger partial charge in [0.25, 0.3) is 5.92 Å². The van der Waals surface area contributed by atoms with Crippen molar-refractivity contribution in [1.82, 2.24) is 9.78 Å². The maximum absolute atomic E-state index is 13.5. The van der Waals surface area contributed by atoms with E-state index < -0.39 is 47.3 Å². The van der Waals surface area contributed by atoms with Crippen LogP contribution in [0.3, 0.4) is 0 Å². The zero-order chi connectivity index (χ0) is 16.7. The molecule has 0 spiro atoms. The van der Waals surface area contributed by atoms with E-state index in [9.17, 15) is 27.5 Å². The number of alkyl halides is 4. The summed E-state index contributed by atoms with van der Waals surface area (Å²) in [6.07, 6.45) is -0.520. The molecule has 1 saturated carbocycles. The Labute approximate surface area is 123 Å². The Morgan fingerprint density at radius 2 is 2.18 bits per heavy atom. The summed E-state index contributed by atoms with van der Waals surface area (Å²) in [5.74, 6) is -8.76. The third-order valence-corrected chi connectivity index (χ3v) is 3.67. The summed E-state index contributed by atoms with van der Waals surface area (Å²) in [7, 11) is 1.06. The number of nitrogens with zero attached hydrogens (tertiary/aromatic N) is 2. The molecule has 0 amide bonds.